The molecule has 2 aliphatic carbocycles. The van der Waals surface area contributed by atoms with E-state index in [-0.39, 0.29) is 34.6 Å². The Morgan fingerprint density at radius 3 is 2.92 bits per heavy atom. The summed E-state index contributed by atoms with van der Waals surface area (Å²) >= 11 is 0. The second-order valence-corrected chi connectivity index (χ2v) is 11.4. The third-order valence-electron chi connectivity index (χ3n) is 9.78. The van der Waals surface area contributed by atoms with E-state index in [4.69, 9.17) is 4.74 Å². The van der Waals surface area contributed by atoms with E-state index >= 15 is 0 Å². The Hall–Kier alpha value is -3.05. The highest BCUT2D eigenvalue weighted by atomic mass is 16.5. The van der Waals surface area contributed by atoms with Crippen LogP contribution >= 0.6 is 0 Å². The first-order valence-corrected chi connectivity index (χ1v) is 13.2. The van der Waals surface area contributed by atoms with Crippen molar-refractivity contribution < 1.29 is 14.6 Å². The van der Waals surface area contributed by atoms with Crippen LogP contribution in [0.4, 0.5) is 0 Å². The number of aryl methyl sites for hydroxylation is 1. The molecule has 2 bridgehead atoms. The first-order valence-electron chi connectivity index (χ1n) is 13.2. The summed E-state index contributed by atoms with van der Waals surface area (Å²) in [5.41, 5.74) is 4.49. The number of nitrogens with zero attached hydrogens (tertiary/aromatic N) is 2. The van der Waals surface area contributed by atoms with Crippen molar-refractivity contribution >= 4 is 12.0 Å². The van der Waals surface area contributed by atoms with Gasteiger partial charge < -0.3 is 14.7 Å². The van der Waals surface area contributed by atoms with Crippen LogP contribution in [0.25, 0.3) is 6.08 Å². The van der Waals surface area contributed by atoms with Crippen molar-refractivity contribution in [3.8, 4) is 11.5 Å². The lowest BCUT2D eigenvalue weighted by Gasteiger charge is -2.66. The van der Waals surface area contributed by atoms with Crippen molar-refractivity contribution in [3.05, 3.63) is 77.4 Å². The highest BCUT2D eigenvalue weighted by Gasteiger charge is 2.71. The van der Waals surface area contributed by atoms with Crippen LogP contribution in [0.3, 0.4) is 0 Å². The molecule has 1 saturated heterocycles. The summed E-state index contributed by atoms with van der Waals surface area (Å²) in [6.45, 7) is 10.4. The zero-order valence-electron chi connectivity index (χ0n) is 21.5. The number of carbonyl (C=O) groups excluding carboxylic acids is 1. The Morgan fingerprint density at radius 2 is 2.14 bits per heavy atom. The molecule has 1 spiro atoms. The van der Waals surface area contributed by atoms with Gasteiger partial charge in [-0.05, 0) is 67.8 Å². The van der Waals surface area contributed by atoms with Crippen LogP contribution in [-0.4, -0.2) is 59.1 Å². The van der Waals surface area contributed by atoms with Gasteiger partial charge in [-0.15, -0.1) is 6.58 Å². The molecule has 188 valence electrons. The lowest BCUT2D eigenvalue weighted by Crippen LogP contribution is -2.73. The average Bonchev–Trinajstić information content (AvgIpc) is 3.21. The number of phenols is 1. The second kappa shape index (κ2) is 8.24. The van der Waals surface area contributed by atoms with Crippen LogP contribution in [0.15, 0.2) is 55.1 Å². The molecule has 5 nitrogen and oxygen atoms in total. The quantitative estimate of drug-likeness (QED) is 0.487. The summed E-state index contributed by atoms with van der Waals surface area (Å²) in [5.74, 6) is 0.864. The molecular weight excluding hydrogens is 448 g/mol. The minimum absolute atomic E-state index is 0.00274. The maximum atomic E-state index is 13.4. The molecule has 2 fully saturated rings. The number of amides is 1. The smallest absolute Gasteiger partial charge is 0.246 e. The number of aromatic hydroxyl groups is 1. The Balaban J connectivity index is 1.38. The van der Waals surface area contributed by atoms with E-state index in [2.05, 4.69) is 43.5 Å². The van der Waals surface area contributed by atoms with Crippen molar-refractivity contribution in [1.29, 1.82) is 0 Å². The Bertz CT molecular complexity index is 1270. The monoisotopic (exact) mass is 484 g/mol. The zero-order valence-corrected chi connectivity index (χ0v) is 21.5. The van der Waals surface area contributed by atoms with Crippen LogP contribution in [0.1, 0.15) is 48.4 Å². The molecule has 5 atom stereocenters. The maximum absolute atomic E-state index is 13.4. The van der Waals surface area contributed by atoms with Gasteiger partial charge in [0.1, 0.15) is 6.10 Å². The topological polar surface area (TPSA) is 53.0 Å². The predicted octanol–water partition coefficient (Wildman–Crippen LogP) is 4.86. The fourth-order valence-electron chi connectivity index (χ4n) is 8.06. The van der Waals surface area contributed by atoms with E-state index < -0.39 is 0 Å². The summed E-state index contributed by atoms with van der Waals surface area (Å²) in [7, 11) is 1.91. The van der Waals surface area contributed by atoms with E-state index in [1.165, 1.54) is 16.7 Å². The molecule has 0 radical (unpaired) electrons. The fraction of sp³-hybridized carbons (Fsp3) is 0.452. The second-order valence-electron chi connectivity index (χ2n) is 11.4. The van der Waals surface area contributed by atoms with E-state index in [0.29, 0.717) is 11.8 Å². The third kappa shape index (κ3) is 3.08. The lowest BCUT2D eigenvalue weighted by atomic mass is 9.43. The number of carbonyl (C=O) groups is 1. The van der Waals surface area contributed by atoms with Gasteiger partial charge in [0.2, 0.25) is 5.91 Å². The minimum atomic E-state index is -0.214. The molecule has 2 unspecified atom stereocenters. The molecule has 6 rings (SSSR count). The van der Waals surface area contributed by atoms with Crippen LogP contribution in [-0.2, 0) is 16.6 Å². The minimum Gasteiger partial charge on any atom is -0.504 e. The van der Waals surface area contributed by atoms with Crippen LogP contribution in [0.5, 0.6) is 11.5 Å². The van der Waals surface area contributed by atoms with Crippen molar-refractivity contribution in [2.45, 2.75) is 63.1 Å². The third-order valence-corrected chi connectivity index (χ3v) is 9.78. The molecule has 4 aliphatic rings. The van der Waals surface area contributed by atoms with Gasteiger partial charge in [-0.3, -0.25) is 9.69 Å². The highest BCUT2D eigenvalue weighted by molar-refractivity contribution is 5.92. The number of ether oxygens (including phenoxy) is 1. The summed E-state index contributed by atoms with van der Waals surface area (Å²) in [4.78, 5) is 17.9. The number of benzene rings is 2. The van der Waals surface area contributed by atoms with Gasteiger partial charge in [-0.25, -0.2) is 0 Å². The van der Waals surface area contributed by atoms with Crippen LogP contribution in [0, 0.1) is 12.3 Å². The van der Waals surface area contributed by atoms with E-state index in [1.807, 2.05) is 36.2 Å². The molecule has 1 N–H and O–H groups in total. The molecule has 2 aromatic carbocycles. The van der Waals surface area contributed by atoms with Gasteiger partial charge in [-0.2, -0.15) is 0 Å². The summed E-state index contributed by atoms with van der Waals surface area (Å²) in [5, 5.41) is 10.9. The largest absolute Gasteiger partial charge is 0.504 e. The van der Waals surface area contributed by atoms with Gasteiger partial charge in [0.25, 0.3) is 0 Å². The van der Waals surface area contributed by atoms with Gasteiger partial charge in [0, 0.05) is 36.7 Å². The molecule has 1 saturated carbocycles. The van der Waals surface area contributed by atoms with Crippen molar-refractivity contribution in [1.82, 2.24) is 9.80 Å². The lowest BCUT2D eigenvalue weighted by molar-refractivity contribution is -0.149. The molecular formula is C31H36N2O3. The first-order chi connectivity index (χ1) is 17.3. The molecule has 2 aromatic rings. The average molecular weight is 485 g/mol. The summed E-state index contributed by atoms with van der Waals surface area (Å²) < 4.78 is 6.73. The van der Waals surface area contributed by atoms with Crippen molar-refractivity contribution in [2.24, 2.45) is 5.41 Å². The van der Waals surface area contributed by atoms with Gasteiger partial charge >= 0.3 is 0 Å². The number of hydrogen-bond donors (Lipinski definition) is 1. The fourth-order valence-corrected chi connectivity index (χ4v) is 8.06. The van der Waals surface area contributed by atoms with Crippen LogP contribution < -0.4 is 4.74 Å². The molecule has 2 aliphatic heterocycles. The SMILES string of the molecule is C=CCN1CC[C@]23c4c5ccc(O)c4OC2C(N(C)C(=O)/C=C/c2cccc(C)c2)CC[C@@]3(C)[C@H]1C5. The molecule has 0 aromatic heterocycles. The Morgan fingerprint density at radius 1 is 1.31 bits per heavy atom. The van der Waals surface area contributed by atoms with Gasteiger partial charge in [0.15, 0.2) is 11.5 Å². The van der Waals surface area contributed by atoms with Crippen molar-refractivity contribution in [3.63, 3.8) is 0 Å². The molecule has 5 heteroatoms. The highest BCUT2D eigenvalue weighted by Crippen LogP contribution is 2.69. The Kier molecular flexibility index (Phi) is 5.34. The maximum Gasteiger partial charge on any atom is 0.246 e. The molecule has 36 heavy (non-hydrogen) atoms. The molecule has 2 heterocycles. The number of piperidine rings is 1. The summed E-state index contributed by atoms with van der Waals surface area (Å²) in [6, 6.07) is 12.4. The first kappa shape index (κ1) is 23.4. The van der Waals surface area contributed by atoms with E-state index in [1.54, 1.807) is 12.1 Å². The number of phenolic OH excluding ortho intramolecular Hbond substituents is 1. The number of rotatable bonds is 5. The number of likely N-dealkylation sites (tertiary alicyclic amines) is 1. The molecule has 1 amide bonds. The number of hydrogen-bond acceptors (Lipinski definition) is 4. The van der Waals surface area contributed by atoms with Crippen LogP contribution in [0.2, 0.25) is 0 Å². The van der Waals surface area contributed by atoms with Crippen molar-refractivity contribution in [2.75, 3.05) is 20.1 Å². The van der Waals surface area contributed by atoms with Gasteiger partial charge in [-0.1, -0.05) is 48.9 Å². The standard InChI is InChI=1S/C31H36N2O3/c1-5-16-33-17-15-31-27-22-10-11-24(34)28(27)36-29(31)23(13-14-30(31,3)25(33)19-22)32(4)26(35)12-9-21-8-6-7-20(2)18-21/h5-12,18,23,25,29,34H,1,13-17,19H2,2-4H3/b12-9+/t23?,25-,29?,30+,31+/m1/s1. The van der Waals surface area contributed by atoms with Gasteiger partial charge in [0.05, 0.1) is 6.04 Å². The zero-order chi connectivity index (χ0) is 25.2. The normalized spacial score (nSPS) is 32.1. The predicted molar refractivity (Wildman–Crippen MR) is 142 cm³/mol. The number of likely N-dealkylation sites (N-methyl/N-ethyl adjacent to an activating group) is 1. The Labute approximate surface area is 214 Å². The van der Waals surface area contributed by atoms with E-state index in [9.17, 15) is 9.90 Å². The van der Waals surface area contributed by atoms with E-state index in [0.717, 1.165) is 44.3 Å². The summed E-state index contributed by atoms with van der Waals surface area (Å²) in [6.07, 6.45) is 9.24.